The van der Waals surface area contributed by atoms with E-state index in [4.69, 9.17) is 22.1 Å². The minimum atomic E-state index is 0.560. The normalized spacial score (nSPS) is 10.5. The van der Waals surface area contributed by atoms with E-state index in [0.29, 0.717) is 28.8 Å². The van der Waals surface area contributed by atoms with Crippen LogP contribution in [0.4, 0.5) is 5.69 Å². The largest absolute Gasteiger partial charge is 0.492 e. The molecule has 3 N–H and O–H groups in total. The SMILES string of the molecule is CCOc1ccc(-c2n[nH]c(C)c2N)cc1Cl. The standard InChI is InChI=1S/C12H14ClN3O/c1-3-17-10-5-4-8(6-9(10)13)12-11(14)7(2)15-16-12/h4-6H,3,14H2,1-2H3,(H,15,16). The Balaban J connectivity index is 2.41. The summed E-state index contributed by atoms with van der Waals surface area (Å²) in [4.78, 5) is 0. The maximum Gasteiger partial charge on any atom is 0.137 e. The lowest BCUT2D eigenvalue weighted by Crippen LogP contribution is -1.93. The van der Waals surface area contributed by atoms with Crippen LogP contribution in [0.3, 0.4) is 0 Å². The summed E-state index contributed by atoms with van der Waals surface area (Å²) < 4.78 is 5.37. The van der Waals surface area contributed by atoms with Crippen LogP contribution >= 0.6 is 11.6 Å². The number of nitrogens with one attached hydrogen (secondary N) is 1. The molecule has 1 heterocycles. The van der Waals surface area contributed by atoms with Crippen LogP contribution in [0.2, 0.25) is 5.02 Å². The number of rotatable bonds is 3. The Morgan fingerprint density at radius 1 is 1.47 bits per heavy atom. The fraction of sp³-hybridized carbons (Fsp3) is 0.250. The number of anilines is 1. The van der Waals surface area contributed by atoms with Crippen molar-refractivity contribution in [1.29, 1.82) is 0 Å². The van der Waals surface area contributed by atoms with Crippen molar-refractivity contribution in [3.8, 4) is 17.0 Å². The van der Waals surface area contributed by atoms with Gasteiger partial charge in [-0.05, 0) is 32.0 Å². The highest BCUT2D eigenvalue weighted by Crippen LogP contribution is 2.32. The number of nitrogen functional groups attached to an aromatic ring is 1. The summed E-state index contributed by atoms with van der Waals surface area (Å²) >= 11 is 6.11. The fourth-order valence-corrected chi connectivity index (χ4v) is 1.81. The average molecular weight is 252 g/mol. The Morgan fingerprint density at radius 3 is 2.76 bits per heavy atom. The number of benzene rings is 1. The van der Waals surface area contributed by atoms with Crippen molar-refractivity contribution in [2.45, 2.75) is 13.8 Å². The van der Waals surface area contributed by atoms with E-state index < -0.39 is 0 Å². The second kappa shape index (κ2) is 4.67. The number of nitrogens with zero attached hydrogens (tertiary/aromatic N) is 1. The molecule has 5 heteroatoms. The first-order chi connectivity index (χ1) is 8.13. The monoisotopic (exact) mass is 251 g/mol. The van der Waals surface area contributed by atoms with Gasteiger partial charge in [0, 0.05) is 5.56 Å². The molecular weight excluding hydrogens is 238 g/mol. The molecular formula is C12H14ClN3O. The molecule has 0 aliphatic rings. The van der Waals surface area contributed by atoms with Gasteiger partial charge in [-0.1, -0.05) is 11.6 Å². The molecule has 2 rings (SSSR count). The summed E-state index contributed by atoms with van der Waals surface area (Å²) in [6.07, 6.45) is 0. The quantitative estimate of drug-likeness (QED) is 0.881. The van der Waals surface area contributed by atoms with Crippen LogP contribution in [-0.4, -0.2) is 16.8 Å². The average Bonchev–Trinajstić information content (AvgIpc) is 2.63. The van der Waals surface area contributed by atoms with E-state index >= 15 is 0 Å². The number of hydrogen-bond acceptors (Lipinski definition) is 3. The predicted octanol–water partition coefficient (Wildman–Crippen LogP) is 3.02. The number of nitrogens with two attached hydrogens (primary N) is 1. The van der Waals surface area contributed by atoms with Gasteiger partial charge in [-0.2, -0.15) is 5.10 Å². The van der Waals surface area contributed by atoms with E-state index in [9.17, 15) is 0 Å². The summed E-state index contributed by atoms with van der Waals surface area (Å²) in [6.45, 7) is 4.38. The molecule has 0 fully saturated rings. The lowest BCUT2D eigenvalue weighted by molar-refractivity contribution is 0.340. The van der Waals surface area contributed by atoms with Crippen molar-refractivity contribution in [2.24, 2.45) is 0 Å². The van der Waals surface area contributed by atoms with Gasteiger partial charge in [0.05, 0.1) is 23.0 Å². The third-order valence-electron chi connectivity index (χ3n) is 2.50. The van der Waals surface area contributed by atoms with Crippen LogP contribution in [-0.2, 0) is 0 Å². The van der Waals surface area contributed by atoms with Crippen LogP contribution in [0.25, 0.3) is 11.3 Å². The Bertz CT molecular complexity index is 537. The second-order valence-corrected chi connectivity index (χ2v) is 4.10. The van der Waals surface area contributed by atoms with Crippen LogP contribution in [0, 0.1) is 6.92 Å². The van der Waals surface area contributed by atoms with Crippen LogP contribution in [0.15, 0.2) is 18.2 Å². The zero-order chi connectivity index (χ0) is 12.4. The van der Waals surface area contributed by atoms with Gasteiger partial charge in [-0.3, -0.25) is 5.10 Å². The highest BCUT2D eigenvalue weighted by Gasteiger charge is 2.11. The third-order valence-corrected chi connectivity index (χ3v) is 2.80. The lowest BCUT2D eigenvalue weighted by Gasteiger charge is -2.06. The van der Waals surface area contributed by atoms with Gasteiger partial charge in [0.2, 0.25) is 0 Å². The molecule has 0 unspecified atom stereocenters. The van der Waals surface area contributed by atoms with E-state index in [2.05, 4.69) is 10.2 Å². The molecule has 0 atom stereocenters. The van der Waals surface area contributed by atoms with E-state index in [0.717, 1.165) is 11.3 Å². The van der Waals surface area contributed by atoms with Gasteiger partial charge >= 0.3 is 0 Å². The van der Waals surface area contributed by atoms with Crippen LogP contribution < -0.4 is 10.5 Å². The lowest BCUT2D eigenvalue weighted by atomic mass is 10.1. The van der Waals surface area contributed by atoms with E-state index in [1.54, 1.807) is 6.07 Å². The van der Waals surface area contributed by atoms with Gasteiger partial charge in [0.15, 0.2) is 0 Å². The molecule has 0 aliphatic carbocycles. The molecule has 0 spiro atoms. The number of hydrogen-bond donors (Lipinski definition) is 2. The molecule has 0 saturated carbocycles. The van der Waals surface area contributed by atoms with Crippen molar-refractivity contribution in [3.63, 3.8) is 0 Å². The molecule has 0 amide bonds. The zero-order valence-electron chi connectivity index (χ0n) is 9.75. The third kappa shape index (κ3) is 2.22. The fourth-order valence-electron chi connectivity index (χ4n) is 1.58. The van der Waals surface area contributed by atoms with Crippen molar-refractivity contribution < 1.29 is 4.74 Å². The highest BCUT2D eigenvalue weighted by atomic mass is 35.5. The van der Waals surface area contributed by atoms with Gasteiger partial charge in [-0.25, -0.2) is 0 Å². The number of aromatic nitrogens is 2. The van der Waals surface area contributed by atoms with Crippen LogP contribution in [0.1, 0.15) is 12.6 Å². The number of H-pyrrole nitrogens is 1. The molecule has 2 aromatic rings. The number of ether oxygens (including phenoxy) is 1. The molecule has 0 saturated heterocycles. The van der Waals surface area contributed by atoms with Gasteiger partial charge in [-0.15, -0.1) is 0 Å². The summed E-state index contributed by atoms with van der Waals surface area (Å²) in [5, 5.41) is 7.56. The molecule has 90 valence electrons. The minimum absolute atomic E-state index is 0.560. The van der Waals surface area contributed by atoms with Crippen molar-refractivity contribution in [2.75, 3.05) is 12.3 Å². The molecule has 0 radical (unpaired) electrons. The van der Waals surface area contributed by atoms with Gasteiger partial charge in [0.25, 0.3) is 0 Å². The number of halogens is 1. The van der Waals surface area contributed by atoms with E-state index in [1.807, 2.05) is 26.0 Å². The van der Waals surface area contributed by atoms with Crippen LogP contribution in [0.5, 0.6) is 5.75 Å². The first-order valence-electron chi connectivity index (χ1n) is 5.36. The van der Waals surface area contributed by atoms with Gasteiger partial charge < -0.3 is 10.5 Å². The smallest absolute Gasteiger partial charge is 0.137 e. The molecule has 0 bridgehead atoms. The number of aryl methyl sites for hydroxylation is 1. The Hall–Kier alpha value is -1.68. The maximum absolute atomic E-state index is 6.11. The summed E-state index contributed by atoms with van der Waals surface area (Å²) in [7, 11) is 0. The Labute approximate surface area is 105 Å². The molecule has 17 heavy (non-hydrogen) atoms. The molecule has 0 aliphatic heterocycles. The van der Waals surface area contributed by atoms with Crippen molar-refractivity contribution in [1.82, 2.24) is 10.2 Å². The maximum atomic E-state index is 6.11. The first kappa shape index (κ1) is 11.8. The molecule has 1 aromatic carbocycles. The predicted molar refractivity (Wildman–Crippen MR) is 69.4 cm³/mol. The van der Waals surface area contributed by atoms with E-state index in [-0.39, 0.29) is 0 Å². The minimum Gasteiger partial charge on any atom is -0.492 e. The topological polar surface area (TPSA) is 63.9 Å². The zero-order valence-corrected chi connectivity index (χ0v) is 10.5. The first-order valence-corrected chi connectivity index (χ1v) is 5.74. The Morgan fingerprint density at radius 2 is 2.24 bits per heavy atom. The Kier molecular flexibility index (Phi) is 3.24. The summed E-state index contributed by atoms with van der Waals surface area (Å²) in [5.74, 6) is 0.670. The van der Waals surface area contributed by atoms with Crippen molar-refractivity contribution in [3.05, 3.63) is 28.9 Å². The summed E-state index contributed by atoms with van der Waals surface area (Å²) in [6, 6.07) is 5.52. The van der Waals surface area contributed by atoms with Crippen molar-refractivity contribution >= 4 is 17.3 Å². The summed E-state index contributed by atoms with van der Waals surface area (Å²) in [5.41, 5.74) is 9.00. The van der Waals surface area contributed by atoms with E-state index in [1.165, 1.54) is 0 Å². The highest BCUT2D eigenvalue weighted by molar-refractivity contribution is 6.32. The molecule has 1 aromatic heterocycles. The number of aromatic amines is 1. The second-order valence-electron chi connectivity index (χ2n) is 3.69. The van der Waals surface area contributed by atoms with Gasteiger partial charge in [0.1, 0.15) is 11.4 Å². The molecule has 4 nitrogen and oxygen atoms in total.